The van der Waals surface area contributed by atoms with E-state index < -0.39 is 0 Å². The molecule has 0 heterocycles. The minimum Gasteiger partial charge on any atom is -0.311 e. The Kier molecular flexibility index (Phi) is 8.20. The summed E-state index contributed by atoms with van der Waals surface area (Å²) in [5, 5.41) is 5.02. The van der Waals surface area contributed by atoms with Gasteiger partial charge in [0.2, 0.25) is 0 Å². The first kappa shape index (κ1) is 36.4. The predicted octanol–water partition coefficient (Wildman–Crippen LogP) is 16.8. The van der Waals surface area contributed by atoms with Crippen LogP contribution >= 0.6 is 0 Å². The monoisotopic (exact) mass is 811 g/mol. The van der Waals surface area contributed by atoms with Crippen LogP contribution < -0.4 is 4.90 Å². The topological polar surface area (TPSA) is 3.24 Å². The quantitative estimate of drug-likeness (QED) is 0.162. The molecule has 0 saturated carbocycles. The Labute approximate surface area is 373 Å². The fourth-order valence-corrected chi connectivity index (χ4v) is 11.1. The molecule has 298 valence electrons. The van der Waals surface area contributed by atoms with E-state index in [0.29, 0.717) is 0 Å². The summed E-state index contributed by atoms with van der Waals surface area (Å²) in [6.07, 6.45) is 0. The molecule has 0 radical (unpaired) electrons. The summed E-state index contributed by atoms with van der Waals surface area (Å²) in [4.78, 5) is 2.38. The van der Waals surface area contributed by atoms with Crippen LogP contribution in [0.1, 0.15) is 22.3 Å². The highest BCUT2D eigenvalue weighted by atomic mass is 15.1. The fraction of sp³-hybridized carbons (Fsp3) is 0.0159. The maximum Gasteiger partial charge on any atom is 0.0725 e. The molecule has 13 rings (SSSR count). The maximum atomic E-state index is 2.47. The molecule has 0 atom stereocenters. The Bertz CT molecular complexity index is 3400. The number of benzene rings is 11. The van der Waals surface area contributed by atoms with Crippen LogP contribution in [0.2, 0.25) is 0 Å². The van der Waals surface area contributed by atoms with Crippen LogP contribution in [-0.4, -0.2) is 0 Å². The van der Waals surface area contributed by atoms with Crippen LogP contribution in [0.15, 0.2) is 249 Å². The molecule has 2 aliphatic carbocycles. The van der Waals surface area contributed by atoms with Crippen LogP contribution in [0.5, 0.6) is 0 Å². The van der Waals surface area contributed by atoms with Crippen molar-refractivity contribution in [1.29, 1.82) is 0 Å². The first-order chi connectivity index (χ1) is 31.7. The Morgan fingerprint density at radius 1 is 0.234 bits per heavy atom. The second kappa shape index (κ2) is 14.4. The molecule has 2 aliphatic rings. The van der Waals surface area contributed by atoms with Gasteiger partial charge in [0.05, 0.1) is 5.41 Å². The smallest absolute Gasteiger partial charge is 0.0725 e. The zero-order chi connectivity index (χ0) is 42.2. The number of hydrogen-bond donors (Lipinski definition) is 0. The SMILES string of the molecule is c1ccc2c(c1)-c1ccccc1C21c2ccccc2-c2ccc(-c3ccc(N(c4ccc(-c5cccc6ccccc56)cc4)c4ccc(-c5cccc6ccccc56)cc4)cc3)cc21. The molecule has 0 saturated heterocycles. The zero-order valence-electron chi connectivity index (χ0n) is 35.1. The van der Waals surface area contributed by atoms with Gasteiger partial charge in [-0.1, -0.05) is 206 Å². The molecule has 0 unspecified atom stereocenters. The predicted molar refractivity (Wildman–Crippen MR) is 269 cm³/mol. The van der Waals surface area contributed by atoms with Crippen molar-refractivity contribution in [3.63, 3.8) is 0 Å². The fourth-order valence-electron chi connectivity index (χ4n) is 11.1. The van der Waals surface area contributed by atoms with Gasteiger partial charge in [-0.15, -0.1) is 0 Å². The van der Waals surface area contributed by atoms with Gasteiger partial charge in [-0.05, 0) is 142 Å². The summed E-state index contributed by atoms with van der Waals surface area (Å²) in [6, 6.07) is 91.9. The molecule has 0 N–H and O–H groups in total. The molecule has 11 aromatic carbocycles. The lowest BCUT2D eigenvalue weighted by molar-refractivity contribution is 0.794. The summed E-state index contributed by atoms with van der Waals surface area (Å²) >= 11 is 0. The molecule has 0 bridgehead atoms. The molecule has 11 aromatic rings. The first-order valence-electron chi connectivity index (χ1n) is 22.2. The van der Waals surface area contributed by atoms with Crippen LogP contribution in [0.25, 0.3) is 77.2 Å². The molecule has 0 amide bonds. The van der Waals surface area contributed by atoms with E-state index in [0.717, 1.165) is 17.1 Å². The van der Waals surface area contributed by atoms with Crippen molar-refractivity contribution in [3.8, 4) is 55.6 Å². The molecule has 64 heavy (non-hydrogen) atoms. The Balaban J connectivity index is 0.915. The van der Waals surface area contributed by atoms with E-state index in [1.807, 2.05) is 0 Å². The van der Waals surface area contributed by atoms with Crippen molar-refractivity contribution >= 4 is 38.6 Å². The van der Waals surface area contributed by atoms with Crippen LogP contribution in [0.3, 0.4) is 0 Å². The largest absolute Gasteiger partial charge is 0.311 e. The van der Waals surface area contributed by atoms with E-state index >= 15 is 0 Å². The van der Waals surface area contributed by atoms with E-state index in [2.05, 4.69) is 254 Å². The Morgan fingerprint density at radius 2 is 0.578 bits per heavy atom. The third-order valence-corrected chi connectivity index (χ3v) is 13.9. The van der Waals surface area contributed by atoms with Crippen LogP contribution in [0.4, 0.5) is 17.1 Å². The molecular weight excluding hydrogens is 771 g/mol. The highest BCUT2D eigenvalue weighted by Gasteiger charge is 2.51. The summed E-state index contributed by atoms with van der Waals surface area (Å²) in [7, 11) is 0. The maximum absolute atomic E-state index is 2.47. The van der Waals surface area contributed by atoms with E-state index in [9.17, 15) is 0 Å². The van der Waals surface area contributed by atoms with Gasteiger partial charge >= 0.3 is 0 Å². The second-order valence-electron chi connectivity index (χ2n) is 17.2. The van der Waals surface area contributed by atoms with Crippen molar-refractivity contribution in [3.05, 3.63) is 271 Å². The average molecular weight is 812 g/mol. The third-order valence-electron chi connectivity index (χ3n) is 13.9. The van der Waals surface area contributed by atoms with Gasteiger partial charge in [0.15, 0.2) is 0 Å². The third kappa shape index (κ3) is 5.44. The summed E-state index contributed by atoms with van der Waals surface area (Å²) in [5.41, 5.74) is 20.9. The molecule has 0 aromatic heterocycles. The number of fused-ring (bicyclic) bond motifs is 12. The number of nitrogens with zero attached hydrogens (tertiary/aromatic N) is 1. The molecule has 0 fully saturated rings. The highest BCUT2D eigenvalue weighted by molar-refractivity contribution is 5.99. The lowest BCUT2D eigenvalue weighted by Gasteiger charge is -2.30. The van der Waals surface area contributed by atoms with Crippen LogP contribution in [-0.2, 0) is 5.41 Å². The number of hydrogen-bond acceptors (Lipinski definition) is 1. The van der Waals surface area contributed by atoms with Crippen molar-refractivity contribution in [2.24, 2.45) is 0 Å². The van der Waals surface area contributed by atoms with Crippen molar-refractivity contribution in [2.45, 2.75) is 5.41 Å². The van der Waals surface area contributed by atoms with Crippen molar-refractivity contribution in [2.75, 3.05) is 4.90 Å². The lowest BCUT2D eigenvalue weighted by Crippen LogP contribution is -2.25. The van der Waals surface area contributed by atoms with Crippen molar-refractivity contribution < 1.29 is 0 Å². The summed E-state index contributed by atoms with van der Waals surface area (Å²) < 4.78 is 0. The van der Waals surface area contributed by atoms with E-state index in [1.165, 1.54) is 99.4 Å². The van der Waals surface area contributed by atoms with Gasteiger partial charge in [0.1, 0.15) is 0 Å². The minimum atomic E-state index is -0.373. The molecule has 1 heteroatoms. The molecular formula is C63H41N. The van der Waals surface area contributed by atoms with Gasteiger partial charge in [0.25, 0.3) is 0 Å². The number of anilines is 3. The summed E-state index contributed by atoms with van der Waals surface area (Å²) in [6.45, 7) is 0. The Hall–Kier alpha value is -8.26. The molecule has 1 nitrogen and oxygen atoms in total. The zero-order valence-corrected chi connectivity index (χ0v) is 35.1. The molecule has 0 aliphatic heterocycles. The normalized spacial score (nSPS) is 12.8. The van der Waals surface area contributed by atoms with E-state index in [-0.39, 0.29) is 5.41 Å². The van der Waals surface area contributed by atoms with E-state index in [1.54, 1.807) is 0 Å². The standard InChI is InChI=1S/C63H41N/c1-3-17-51-43(13-1)15-11-22-53(51)45-29-36-49(37-30-45)64(50-38-31-46(32-39-50)54-23-12-16-44-14-2-4-18-52(44)54)48-34-27-42(28-35-48)47-33-40-58-57-21-7-10-26-61(57)63(62(58)41-47)59-24-8-5-19-55(59)56-20-6-9-25-60(56)63/h1-41H. The average Bonchev–Trinajstić information content (AvgIpc) is 3.84. The summed E-state index contributed by atoms with van der Waals surface area (Å²) in [5.74, 6) is 0. The number of rotatable bonds is 6. The van der Waals surface area contributed by atoms with Gasteiger partial charge in [0, 0.05) is 17.1 Å². The van der Waals surface area contributed by atoms with E-state index in [4.69, 9.17) is 0 Å². The van der Waals surface area contributed by atoms with Gasteiger partial charge in [-0.3, -0.25) is 0 Å². The van der Waals surface area contributed by atoms with Gasteiger partial charge in [-0.2, -0.15) is 0 Å². The highest BCUT2D eigenvalue weighted by Crippen LogP contribution is 2.63. The molecule has 1 spiro atoms. The van der Waals surface area contributed by atoms with Gasteiger partial charge in [-0.25, -0.2) is 0 Å². The second-order valence-corrected chi connectivity index (χ2v) is 17.2. The Morgan fingerprint density at radius 3 is 1.05 bits per heavy atom. The lowest BCUT2D eigenvalue weighted by atomic mass is 9.70. The first-order valence-corrected chi connectivity index (χ1v) is 22.2. The van der Waals surface area contributed by atoms with Crippen LogP contribution in [0, 0.1) is 0 Å². The van der Waals surface area contributed by atoms with Gasteiger partial charge < -0.3 is 4.90 Å². The van der Waals surface area contributed by atoms with Crippen molar-refractivity contribution in [1.82, 2.24) is 0 Å². The minimum absolute atomic E-state index is 0.373.